The normalized spacial score (nSPS) is 12.7. The number of hydrogen-bond donors (Lipinski definition) is 1. The fourth-order valence-electron chi connectivity index (χ4n) is 1.77. The second kappa shape index (κ2) is 5.98. The molecule has 0 aliphatic rings. The minimum Gasteiger partial charge on any atom is -0.491 e. The minimum atomic E-state index is -0.0128. The molecule has 1 heterocycles. The van der Waals surface area contributed by atoms with E-state index in [0.29, 0.717) is 0 Å². The van der Waals surface area contributed by atoms with Crippen LogP contribution < -0.4 is 10.5 Å². The molecule has 2 N–H and O–H groups in total. The van der Waals surface area contributed by atoms with Gasteiger partial charge in [-0.05, 0) is 31.5 Å². The lowest BCUT2D eigenvalue weighted by atomic mass is 10.0. The van der Waals surface area contributed by atoms with Crippen molar-refractivity contribution in [1.29, 1.82) is 0 Å². The van der Waals surface area contributed by atoms with E-state index in [9.17, 15) is 0 Å². The van der Waals surface area contributed by atoms with Crippen molar-refractivity contribution in [3.8, 4) is 5.75 Å². The number of rotatable bonds is 5. The van der Waals surface area contributed by atoms with Crippen molar-refractivity contribution in [3.05, 3.63) is 46.4 Å². The summed E-state index contributed by atoms with van der Waals surface area (Å²) in [5, 5.41) is 0. The smallest absolute Gasteiger partial charge is 0.120 e. The highest BCUT2D eigenvalue weighted by Gasteiger charge is 2.09. The van der Waals surface area contributed by atoms with Crippen molar-refractivity contribution in [1.82, 2.24) is 4.98 Å². The fourth-order valence-corrected chi connectivity index (χ4v) is 2.42. The Morgan fingerprint density at radius 1 is 1.39 bits per heavy atom. The van der Waals surface area contributed by atoms with Gasteiger partial charge < -0.3 is 10.5 Å². The third-order valence-corrected chi connectivity index (χ3v) is 3.36. The monoisotopic (exact) mass is 262 g/mol. The molecule has 0 saturated carbocycles. The predicted octanol–water partition coefficient (Wildman–Crippen LogP) is 3.17. The molecule has 0 aliphatic carbocycles. The van der Waals surface area contributed by atoms with E-state index in [2.05, 4.69) is 4.98 Å². The third kappa shape index (κ3) is 3.55. The number of thiazole rings is 1. The van der Waals surface area contributed by atoms with E-state index in [-0.39, 0.29) is 12.1 Å². The average Bonchev–Trinajstić information content (AvgIpc) is 2.81. The first-order valence-corrected chi connectivity index (χ1v) is 6.92. The van der Waals surface area contributed by atoms with Gasteiger partial charge in [-0.15, -0.1) is 11.3 Å². The Morgan fingerprint density at radius 3 is 2.89 bits per heavy atom. The van der Waals surface area contributed by atoms with Gasteiger partial charge in [0.2, 0.25) is 0 Å². The van der Waals surface area contributed by atoms with Crippen molar-refractivity contribution in [2.45, 2.75) is 32.4 Å². The fraction of sp³-hybridized carbons (Fsp3) is 0.357. The number of aromatic nitrogens is 1. The summed E-state index contributed by atoms with van der Waals surface area (Å²) in [5.41, 5.74) is 9.14. The number of nitrogens with two attached hydrogens (primary N) is 1. The molecule has 0 saturated heterocycles. The Labute approximate surface area is 112 Å². The van der Waals surface area contributed by atoms with Gasteiger partial charge in [0, 0.05) is 23.5 Å². The molecule has 2 aromatic rings. The Kier molecular flexibility index (Phi) is 4.33. The van der Waals surface area contributed by atoms with Gasteiger partial charge in [-0.2, -0.15) is 0 Å². The summed E-state index contributed by atoms with van der Waals surface area (Å²) in [6.45, 7) is 4.04. The summed E-state index contributed by atoms with van der Waals surface area (Å²) in [6.07, 6.45) is 2.87. The molecular weight excluding hydrogens is 244 g/mol. The predicted molar refractivity (Wildman–Crippen MR) is 75.0 cm³/mol. The van der Waals surface area contributed by atoms with E-state index in [1.165, 1.54) is 4.88 Å². The van der Waals surface area contributed by atoms with Crippen LogP contribution in [0.25, 0.3) is 0 Å². The molecule has 0 bridgehead atoms. The van der Waals surface area contributed by atoms with Crippen LogP contribution in [0.5, 0.6) is 5.75 Å². The molecule has 3 nitrogen and oxygen atoms in total. The zero-order valence-corrected chi connectivity index (χ0v) is 11.5. The molecule has 0 radical (unpaired) electrons. The Balaban J connectivity index is 2.07. The van der Waals surface area contributed by atoms with Crippen LogP contribution >= 0.6 is 11.3 Å². The SMILES string of the molecule is CC(C)Oc1cccc(C(N)Cc2cncs2)c1. The molecular formula is C14H18N2OS. The molecule has 0 spiro atoms. The molecule has 0 aliphatic heterocycles. The molecule has 96 valence electrons. The van der Waals surface area contributed by atoms with Gasteiger partial charge in [-0.25, -0.2) is 0 Å². The van der Waals surface area contributed by atoms with Gasteiger partial charge in [-0.1, -0.05) is 12.1 Å². The lowest BCUT2D eigenvalue weighted by Gasteiger charge is -2.14. The first-order valence-electron chi connectivity index (χ1n) is 6.04. The maximum absolute atomic E-state index is 6.21. The number of ether oxygens (including phenoxy) is 1. The molecule has 1 unspecified atom stereocenters. The quantitative estimate of drug-likeness (QED) is 0.900. The maximum Gasteiger partial charge on any atom is 0.120 e. The highest BCUT2D eigenvalue weighted by atomic mass is 32.1. The van der Waals surface area contributed by atoms with Crippen LogP contribution in [0.15, 0.2) is 36.0 Å². The lowest BCUT2D eigenvalue weighted by molar-refractivity contribution is 0.242. The molecule has 1 aromatic heterocycles. The summed E-state index contributed by atoms with van der Waals surface area (Å²) < 4.78 is 5.67. The second-order valence-corrected chi connectivity index (χ2v) is 5.49. The highest BCUT2D eigenvalue weighted by molar-refractivity contribution is 7.09. The lowest BCUT2D eigenvalue weighted by Crippen LogP contribution is -2.13. The van der Waals surface area contributed by atoms with E-state index in [1.54, 1.807) is 11.3 Å². The first kappa shape index (κ1) is 13.1. The zero-order valence-electron chi connectivity index (χ0n) is 10.7. The van der Waals surface area contributed by atoms with Gasteiger partial charge in [0.1, 0.15) is 5.75 Å². The van der Waals surface area contributed by atoms with Crippen molar-refractivity contribution >= 4 is 11.3 Å². The van der Waals surface area contributed by atoms with Crippen LogP contribution in [0.1, 0.15) is 30.3 Å². The summed E-state index contributed by atoms with van der Waals surface area (Å²) in [7, 11) is 0. The molecule has 2 rings (SSSR count). The van der Waals surface area contributed by atoms with E-state index in [1.807, 2.05) is 49.8 Å². The molecule has 1 aromatic carbocycles. The second-order valence-electron chi connectivity index (χ2n) is 4.52. The van der Waals surface area contributed by atoms with E-state index < -0.39 is 0 Å². The van der Waals surface area contributed by atoms with E-state index in [4.69, 9.17) is 10.5 Å². The standard InChI is InChI=1S/C14H18N2OS/c1-10(2)17-12-5-3-4-11(6-12)14(15)7-13-8-16-9-18-13/h3-6,8-10,14H,7,15H2,1-2H3. The number of benzene rings is 1. The van der Waals surface area contributed by atoms with Crippen molar-refractivity contribution in [2.75, 3.05) is 0 Å². The van der Waals surface area contributed by atoms with Gasteiger partial charge in [0.25, 0.3) is 0 Å². The molecule has 18 heavy (non-hydrogen) atoms. The third-order valence-electron chi connectivity index (χ3n) is 2.56. The topological polar surface area (TPSA) is 48.1 Å². The van der Waals surface area contributed by atoms with E-state index in [0.717, 1.165) is 17.7 Å². The highest BCUT2D eigenvalue weighted by Crippen LogP contribution is 2.22. The van der Waals surface area contributed by atoms with Crippen LogP contribution in [0.3, 0.4) is 0 Å². The molecule has 1 atom stereocenters. The summed E-state index contributed by atoms with van der Waals surface area (Å²) in [4.78, 5) is 5.27. The Morgan fingerprint density at radius 2 is 2.22 bits per heavy atom. The van der Waals surface area contributed by atoms with E-state index >= 15 is 0 Å². The maximum atomic E-state index is 6.21. The largest absolute Gasteiger partial charge is 0.491 e. The van der Waals surface area contributed by atoms with Crippen molar-refractivity contribution in [2.24, 2.45) is 5.73 Å². The Hall–Kier alpha value is -1.39. The first-order chi connectivity index (χ1) is 8.65. The van der Waals surface area contributed by atoms with Gasteiger partial charge in [0.15, 0.2) is 0 Å². The minimum absolute atomic E-state index is 0.0128. The summed E-state index contributed by atoms with van der Waals surface area (Å²) in [5.74, 6) is 0.877. The zero-order chi connectivity index (χ0) is 13.0. The summed E-state index contributed by atoms with van der Waals surface area (Å²) in [6, 6.07) is 7.99. The summed E-state index contributed by atoms with van der Waals surface area (Å²) >= 11 is 1.64. The average molecular weight is 262 g/mol. The van der Waals surface area contributed by atoms with Crippen LogP contribution in [-0.4, -0.2) is 11.1 Å². The van der Waals surface area contributed by atoms with Crippen LogP contribution in [-0.2, 0) is 6.42 Å². The van der Waals surface area contributed by atoms with Gasteiger partial charge in [-0.3, -0.25) is 4.98 Å². The van der Waals surface area contributed by atoms with Gasteiger partial charge >= 0.3 is 0 Å². The molecule has 0 amide bonds. The van der Waals surface area contributed by atoms with Gasteiger partial charge in [0.05, 0.1) is 11.6 Å². The Bertz CT molecular complexity index is 482. The van der Waals surface area contributed by atoms with Crippen molar-refractivity contribution in [3.63, 3.8) is 0 Å². The molecule has 0 fully saturated rings. The van der Waals surface area contributed by atoms with Crippen LogP contribution in [0.2, 0.25) is 0 Å². The van der Waals surface area contributed by atoms with Crippen molar-refractivity contribution < 1.29 is 4.74 Å². The molecule has 4 heteroatoms. The van der Waals surface area contributed by atoms with Crippen LogP contribution in [0.4, 0.5) is 0 Å². The number of hydrogen-bond acceptors (Lipinski definition) is 4. The number of nitrogens with zero attached hydrogens (tertiary/aromatic N) is 1. The van der Waals surface area contributed by atoms with Crippen LogP contribution in [0, 0.1) is 0 Å².